The molecule has 1 aromatic rings. The van der Waals surface area contributed by atoms with E-state index in [1.807, 2.05) is 32.6 Å². The molecule has 1 amide bonds. The molecule has 0 radical (unpaired) electrons. The van der Waals surface area contributed by atoms with Gasteiger partial charge in [-0.15, -0.1) is 11.3 Å². The first kappa shape index (κ1) is 18.2. The van der Waals surface area contributed by atoms with Crippen LogP contribution in [0.15, 0.2) is 5.38 Å². The van der Waals surface area contributed by atoms with E-state index in [1.54, 1.807) is 11.3 Å². The molecule has 1 saturated heterocycles. The molecule has 2 unspecified atom stereocenters. The highest BCUT2D eigenvalue weighted by Gasteiger charge is 2.34. The number of likely N-dealkylation sites (N-methyl/N-ethyl adjacent to an activating group) is 1. The van der Waals surface area contributed by atoms with Crippen molar-refractivity contribution in [2.45, 2.75) is 59.1 Å². The second-order valence-corrected chi connectivity index (χ2v) is 8.26. The van der Waals surface area contributed by atoms with Crippen molar-refractivity contribution in [1.29, 1.82) is 0 Å². The quantitative estimate of drug-likeness (QED) is 0.895. The van der Waals surface area contributed by atoms with E-state index in [-0.39, 0.29) is 6.09 Å². The molecule has 1 aliphatic heterocycles. The number of rotatable bonds is 5. The summed E-state index contributed by atoms with van der Waals surface area (Å²) >= 11 is 1.70. The summed E-state index contributed by atoms with van der Waals surface area (Å²) in [4.78, 5) is 18.6. The molecule has 0 saturated carbocycles. The number of ether oxygens (including phenoxy) is 1. The third-order valence-electron chi connectivity index (χ3n) is 4.01. The van der Waals surface area contributed by atoms with Gasteiger partial charge in [-0.1, -0.05) is 6.92 Å². The molecule has 1 N–H and O–H groups in total. The van der Waals surface area contributed by atoms with Crippen LogP contribution < -0.4 is 5.32 Å². The molecule has 23 heavy (non-hydrogen) atoms. The lowest BCUT2D eigenvalue weighted by Gasteiger charge is -2.26. The van der Waals surface area contributed by atoms with Crippen molar-refractivity contribution in [2.75, 3.05) is 19.6 Å². The molecule has 1 fully saturated rings. The minimum Gasteiger partial charge on any atom is -0.444 e. The molecule has 0 aliphatic carbocycles. The first-order valence-electron chi connectivity index (χ1n) is 8.41. The number of hydrogen-bond acceptors (Lipinski definition) is 5. The van der Waals surface area contributed by atoms with Gasteiger partial charge >= 0.3 is 6.09 Å². The van der Waals surface area contributed by atoms with Crippen LogP contribution in [0.5, 0.6) is 0 Å². The highest BCUT2D eigenvalue weighted by Crippen LogP contribution is 2.24. The molecule has 6 heteroatoms. The minimum absolute atomic E-state index is 0.195. The van der Waals surface area contributed by atoms with Gasteiger partial charge in [0, 0.05) is 30.9 Å². The maximum Gasteiger partial charge on any atom is 0.410 e. The van der Waals surface area contributed by atoms with Gasteiger partial charge in [-0.25, -0.2) is 9.78 Å². The average Bonchev–Trinajstić information content (AvgIpc) is 3.05. The molecule has 1 aliphatic rings. The van der Waals surface area contributed by atoms with E-state index in [9.17, 15) is 4.79 Å². The maximum atomic E-state index is 12.2. The maximum absolute atomic E-state index is 12.2. The Morgan fingerprint density at radius 2 is 2.30 bits per heavy atom. The summed E-state index contributed by atoms with van der Waals surface area (Å²) in [5.41, 5.74) is 0.711. The molecule has 2 heterocycles. The Morgan fingerprint density at radius 3 is 2.87 bits per heavy atom. The highest BCUT2D eigenvalue weighted by molar-refractivity contribution is 7.09. The fourth-order valence-corrected chi connectivity index (χ4v) is 3.63. The van der Waals surface area contributed by atoms with Crippen LogP contribution >= 0.6 is 11.3 Å². The van der Waals surface area contributed by atoms with Crippen molar-refractivity contribution in [1.82, 2.24) is 15.2 Å². The van der Waals surface area contributed by atoms with Crippen molar-refractivity contribution in [3.63, 3.8) is 0 Å². The summed E-state index contributed by atoms with van der Waals surface area (Å²) in [5, 5.41) is 6.82. The third kappa shape index (κ3) is 5.46. The Labute approximate surface area is 143 Å². The van der Waals surface area contributed by atoms with Crippen LogP contribution in [0.4, 0.5) is 4.79 Å². The summed E-state index contributed by atoms with van der Waals surface area (Å²) in [6.45, 7) is 12.3. The number of carbonyl (C=O) groups excluding carboxylic acids is 1. The number of aromatic nitrogens is 1. The molecule has 0 bridgehead atoms. The Kier molecular flexibility index (Phi) is 6.03. The number of likely N-dealkylation sites (tertiary alicyclic amines) is 1. The lowest BCUT2D eigenvalue weighted by molar-refractivity contribution is 0.0285. The summed E-state index contributed by atoms with van der Waals surface area (Å²) < 4.78 is 5.49. The van der Waals surface area contributed by atoms with Gasteiger partial charge in [0.25, 0.3) is 0 Å². The third-order valence-corrected chi connectivity index (χ3v) is 4.83. The van der Waals surface area contributed by atoms with Crippen LogP contribution in [0.25, 0.3) is 0 Å². The van der Waals surface area contributed by atoms with E-state index in [0.717, 1.165) is 43.2 Å². The summed E-state index contributed by atoms with van der Waals surface area (Å²) in [7, 11) is 0. The Morgan fingerprint density at radius 1 is 1.57 bits per heavy atom. The average molecular weight is 340 g/mol. The SMILES string of the molecule is CCNC(Cc1csc(C)n1)C1CCN(C(=O)OC(C)(C)C)C1. The lowest BCUT2D eigenvalue weighted by atomic mass is 9.95. The van der Waals surface area contributed by atoms with Crippen molar-refractivity contribution >= 4 is 17.4 Å². The molecular formula is C17H29N3O2S. The van der Waals surface area contributed by atoms with Crippen LogP contribution in [0.1, 0.15) is 44.8 Å². The first-order valence-corrected chi connectivity index (χ1v) is 9.28. The fourth-order valence-electron chi connectivity index (χ4n) is 3.00. The van der Waals surface area contributed by atoms with Gasteiger partial charge in [0.2, 0.25) is 0 Å². The number of carbonyl (C=O) groups is 1. The zero-order valence-corrected chi connectivity index (χ0v) is 15.7. The largest absolute Gasteiger partial charge is 0.444 e. The van der Waals surface area contributed by atoms with E-state index in [1.165, 1.54) is 0 Å². The Balaban J connectivity index is 1.94. The summed E-state index contributed by atoms with van der Waals surface area (Å²) in [6.07, 6.45) is 1.74. The number of amides is 1. The zero-order valence-electron chi connectivity index (χ0n) is 14.9. The van der Waals surface area contributed by atoms with Gasteiger partial charge < -0.3 is 15.0 Å². The zero-order chi connectivity index (χ0) is 17.0. The van der Waals surface area contributed by atoms with E-state index in [0.29, 0.717) is 12.0 Å². The fraction of sp³-hybridized carbons (Fsp3) is 0.765. The highest BCUT2D eigenvalue weighted by atomic mass is 32.1. The van der Waals surface area contributed by atoms with Gasteiger partial charge in [-0.2, -0.15) is 0 Å². The molecule has 130 valence electrons. The predicted octanol–water partition coefficient (Wildman–Crippen LogP) is 3.23. The van der Waals surface area contributed by atoms with Crippen LogP contribution in [0.2, 0.25) is 0 Å². The number of aryl methyl sites for hydroxylation is 1. The van der Waals surface area contributed by atoms with Gasteiger partial charge in [0.15, 0.2) is 0 Å². The van der Waals surface area contributed by atoms with Crippen LogP contribution in [0, 0.1) is 12.8 Å². The number of hydrogen-bond donors (Lipinski definition) is 1. The second-order valence-electron chi connectivity index (χ2n) is 7.20. The molecule has 0 spiro atoms. The van der Waals surface area contributed by atoms with E-state index >= 15 is 0 Å². The molecule has 1 aromatic heterocycles. The Bertz CT molecular complexity index is 524. The summed E-state index contributed by atoms with van der Waals surface area (Å²) in [5.74, 6) is 0.449. The van der Waals surface area contributed by atoms with Crippen LogP contribution in [-0.4, -0.2) is 47.3 Å². The normalized spacial score (nSPS) is 19.9. The van der Waals surface area contributed by atoms with Crippen molar-refractivity contribution in [3.05, 3.63) is 16.1 Å². The van der Waals surface area contributed by atoms with Gasteiger partial charge in [0.05, 0.1) is 10.7 Å². The molecule has 2 rings (SSSR count). The van der Waals surface area contributed by atoms with E-state index in [2.05, 4.69) is 22.6 Å². The summed E-state index contributed by atoms with van der Waals surface area (Å²) in [6, 6.07) is 0.355. The molecule has 2 atom stereocenters. The first-order chi connectivity index (χ1) is 10.8. The van der Waals surface area contributed by atoms with Crippen molar-refractivity contribution in [2.24, 2.45) is 5.92 Å². The van der Waals surface area contributed by atoms with E-state index < -0.39 is 5.60 Å². The van der Waals surface area contributed by atoms with Gasteiger partial charge in [0.1, 0.15) is 5.60 Å². The standard InChI is InChI=1S/C17H29N3O2S/c1-6-18-15(9-14-11-23-12(2)19-14)13-7-8-20(10-13)16(21)22-17(3,4)5/h11,13,15,18H,6-10H2,1-5H3. The molecule has 0 aromatic carbocycles. The number of nitrogens with zero attached hydrogens (tertiary/aromatic N) is 2. The molecule has 5 nitrogen and oxygen atoms in total. The topological polar surface area (TPSA) is 54.5 Å². The predicted molar refractivity (Wildman–Crippen MR) is 93.9 cm³/mol. The van der Waals surface area contributed by atoms with Crippen molar-refractivity contribution in [3.8, 4) is 0 Å². The smallest absolute Gasteiger partial charge is 0.410 e. The minimum atomic E-state index is -0.436. The van der Waals surface area contributed by atoms with Gasteiger partial charge in [-0.05, 0) is 46.6 Å². The Hall–Kier alpha value is -1.14. The monoisotopic (exact) mass is 339 g/mol. The number of nitrogens with one attached hydrogen (secondary N) is 1. The van der Waals surface area contributed by atoms with Gasteiger partial charge in [-0.3, -0.25) is 0 Å². The van der Waals surface area contributed by atoms with Crippen molar-refractivity contribution < 1.29 is 9.53 Å². The number of thiazole rings is 1. The van der Waals surface area contributed by atoms with Crippen LogP contribution in [-0.2, 0) is 11.2 Å². The molecular weight excluding hydrogens is 310 g/mol. The van der Waals surface area contributed by atoms with E-state index in [4.69, 9.17) is 4.74 Å². The van der Waals surface area contributed by atoms with Crippen LogP contribution in [0.3, 0.4) is 0 Å². The second kappa shape index (κ2) is 7.62. The lowest BCUT2D eigenvalue weighted by Crippen LogP contribution is -2.41.